The third-order valence-electron chi connectivity index (χ3n) is 4.91. The molecule has 3 aromatic rings. The number of benzene rings is 2. The summed E-state index contributed by atoms with van der Waals surface area (Å²) in [5, 5.41) is 9.97. The first kappa shape index (κ1) is 15.6. The van der Waals surface area contributed by atoms with Gasteiger partial charge in [0.05, 0.1) is 11.4 Å². The third-order valence-corrected chi connectivity index (χ3v) is 4.91. The zero-order valence-electron chi connectivity index (χ0n) is 13.4. The highest BCUT2D eigenvalue weighted by Crippen LogP contribution is 2.36. The van der Waals surface area contributed by atoms with Crippen molar-refractivity contribution in [3.05, 3.63) is 71.2 Å². The Bertz CT molecular complexity index is 991. The molecule has 0 fully saturated rings. The Hall–Kier alpha value is -2.95. The van der Waals surface area contributed by atoms with E-state index in [2.05, 4.69) is 0 Å². The minimum Gasteiger partial charge on any atom is -0.481 e. The van der Waals surface area contributed by atoms with Crippen LogP contribution in [-0.2, 0) is 17.6 Å². The van der Waals surface area contributed by atoms with Crippen molar-refractivity contribution in [3.63, 3.8) is 0 Å². The fraction of sp³-hybridized carbons (Fsp3) is 0.200. The normalized spacial score (nSPS) is 16.6. The molecule has 0 bridgehead atoms. The minimum absolute atomic E-state index is 0.243. The molecule has 1 atom stereocenters. The van der Waals surface area contributed by atoms with Gasteiger partial charge in [-0.15, -0.1) is 0 Å². The highest BCUT2D eigenvalue weighted by molar-refractivity contribution is 6.04. The number of carbonyl (C=O) groups is 2. The summed E-state index contributed by atoms with van der Waals surface area (Å²) in [6, 6.07) is 13.4. The summed E-state index contributed by atoms with van der Waals surface area (Å²) in [5.74, 6) is -2.10. The van der Waals surface area contributed by atoms with Gasteiger partial charge in [0.1, 0.15) is 5.82 Å². The summed E-state index contributed by atoms with van der Waals surface area (Å²) >= 11 is 0. The first-order valence-electron chi connectivity index (χ1n) is 8.21. The van der Waals surface area contributed by atoms with Gasteiger partial charge in [-0.3, -0.25) is 14.2 Å². The lowest BCUT2D eigenvalue weighted by atomic mass is 9.86. The highest BCUT2D eigenvalue weighted by Gasteiger charge is 2.31. The number of aliphatic carboxylic acids is 1. The topological polar surface area (TPSA) is 59.3 Å². The molecule has 0 amide bonds. The summed E-state index contributed by atoms with van der Waals surface area (Å²) in [6.45, 7) is 0. The third kappa shape index (κ3) is 2.43. The molecular formula is C20H16FNO3. The van der Waals surface area contributed by atoms with Gasteiger partial charge in [-0.1, -0.05) is 30.3 Å². The molecule has 4 nitrogen and oxygen atoms in total. The van der Waals surface area contributed by atoms with E-state index >= 15 is 0 Å². The van der Waals surface area contributed by atoms with E-state index in [1.807, 2.05) is 6.07 Å². The number of carboxylic acids is 1. The average Bonchev–Trinajstić information content (AvgIpc) is 2.97. The fourth-order valence-corrected chi connectivity index (χ4v) is 3.71. The fourth-order valence-electron chi connectivity index (χ4n) is 3.71. The van der Waals surface area contributed by atoms with Crippen molar-refractivity contribution in [2.24, 2.45) is 5.92 Å². The van der Waals surface area contributed by atoms with Crippen LogP contribution in [0.4, 0.5) is 4.39 Å². The highest BCUT2D eigenvalue weighted by atomic mass is 19.1. The predicted octanol–water partition coefficient (Wildman–Crippen LogP) is 3.66. The van der Waals surface area contributed by atoms with Crippen molar-refractivity contribution >= 4 is 22.8 Å². The average molecular weight is 337 g/mol. The number of carboxylic acid groups (broad SMARTS) is 1. The molecule has 1 unspecified atom stereocenters. The van der Waals surface area contributed by atoms with E-state index in [1.165, 1.54) is 10.6 Å². The number of para-hydroxylation sites is 1. The number of fused-ring (bicyclic) bond motifs is 3. The second kappa shape index (κ2) is 5.84. The van der Waals surface area contributed by atoms with Crippen LogP contribution < -0.4 is 0 Å². The molecular weight excluding hydrogens is 321 g/mol. The first-order chi connectivity index (χ1) is 12.1. The standard InChI is InChI=1S/C20H16FNO3/c21-16-8-4-7-14-15-11-13(20(24)25)9-10-17(15)22(18(14)16)19(23)12-5-2-1-3-6-12/h1-8,13H,9-11H2,(H,24,25). The maximum atomic E-state index is 14.6. The molecule has 1 aromatic heterocycles. The Morgan fingerprint density at radius 1 is 1.08 bits per heavy atom. The van der Waals surface area contributed by atoms with Crippen LogP contribution in [0.15, 0.2) is 48.5 Å². The van der Waals surface area contributed by atoms with E-state index in [-0.39, 0.29) is 11.4 Å². The SMILES string of the molecule is O=C(O)C1CCc2c(c3cccc(F)c3n2C(=O)c2ccccc2)C1. The maximum Gasteiger partial charge on any atom is 0.306 e. The van der Waals surface area contributed by atoms with Gasteiger partial charge in [-0.05, 0) is 43.0 Å². The molecule has 2 aromatic carbocycles. The molecule has 0 saturated carbocycles. The van der Waals surface area contributed by atoms with Gasteiger partial charge in [0.15, 0.2) is 0 Å². The maximum absolute atomic E-state index is 14.6. The Labute approximate surface area is 143 Å². The van der Waals surface area contributed by atoms with Gasteiger partial charge in [0.25, 0.3) is 5.91 Å². The lowest BCUT2D eigenvalue weighted by molar-refractivity contribution is -0.142. The first-order valence-corrected chi connectivity index (χ1v) is 8.21. The van der Waals surface area contributed by atoms with Crippen molar-refractivity contribution in [1.82, 2.24) is 4.57 Å². The van der Waals surface area contributed by atoms with Crippen LogP contribution in [0.3, 0.4) is 0 Å². The van der Waals surface area contributed by atoms with E-state index in [0.29, 0.717) is 30.2 Å². The zero-order chi connectivity index (χ0) is 17.6. The van der Waals surface area contributed by atoms with E-state index in [4.69, 9.17) is 0 Å². The second-order valence-corrected chi connectivity index (χ2v) is 6.35. The summed E-state index contributed by atoms with van der Waals surface area (Å²) in [6.07, 6.45) is 1.21. The molecule has 0 radical (unpaired) electrons. The number of nitrogens with zero attached hydrogens (tertiary/aromatic N) is 1. The van der Waals surface area contributed by atoms with Crippen molar-refractivity contribution in [1.29, 1.82) is 0 Å². The van der Waals surface area contributed by atoms with Crippen molar-refractivity contribution in [2.75, 3.05) is 0 Å². The van der Waals surface area contributed by atoms with Crippen molar-refractivity contribution < 1.29 is 19.1 Å². The largest absolute Gasteiger partial charge is 0.481 e. The molecule has 0 saturated heterocycles. The van der Waals surface area contributed by atoms with Gasteiger partial charge in [0.2, 0.25) is 0 Å². The number of halogens is 1. The molecule has 1 N–H and O–H groups in total. The second-order valence-electron chi connectivity index (χ2n) is 6.35. The van der Waals surface area contributed by atoms with Crippen LogP contribution in [0, 0.1) is 11.7 Å². The Kier molecular flexibility index (Phi) is 3.64. The van der Waals surface area contributed by atoms with Crippen molar-refractivity contribution in [2.45, 2.75) is 19.3 Å². The molecule has 1 aliphatic rings. The van der Waals surface area contributed by atoms with Crippen LogP contribution in [-0.4, -0.2) is 21.6 Å². The molecule has 1 aliphatic carbocycles. The number of carbonyl (C=O) groups excluding carboxylic acids is 1. The van der Waals surface area contributed by atoms with Crippen LogP contribution >= 0.6 is 0 Å². The lowest BCUT2D eigenvalue weighted by Gasteiger charge is -2.20. The number of hydrogen-bond acceptors (Lipinski definition) is 2. The zero-order valence-corrected chi connectivity index (χ0v) is 13.4. The number of rotatable bonds is 2. The van der Waals surface area contributed by atoms with Gasteiger partial charge < -0.3 is 5.11 Å². The van der Waals surface area contributed by atoms with Gasteiger partial charge in [-0.25, -0.2) is 4.39 Å². The Morgan fingerprint density at radius 3 is 2.56 bits per heavy atom. The minimum atomic E-state index is -0.850. The van der Waals surface area contributed by atoms with Crippen LogP contribution in [0.5, 0.6) is 0 Å². The Morgan fingerprint density at radius 2 is 1.84 bits per heavy atom. The van der Waals surface area contributed by atoms with Gasteiger partial charge >= 0.3 is 5.97 Å². The molecule has 25 heavy (non-hydrogen) atoms. The smallest absolute Gasteiger partial charge is 0.306 e. The quantitative estimate of drug-likeness (QED) is 0.776. The molecule has 4 rings (SSSR count). The van der Waals surface area contributed by atoms with Gasteiger partial charge in [0, 0.05) is 16.6 Å². The molecule has 0 spiro atoms. The number of hydrogen-bond donors (Lipinski definition) is 1. The van der Waals surface area contributed by atoms with Crippen LogP contribution in [0.2, 0.25) is 0 Å². The molecule has 5 heteroatoms. The summed E-state index contributed by atoms with van der Waals surface area (Å²) < 4.78 is 16.0. The lowest BCUT2D eigenvalue weighted by Crippen LogP contribution is -2.24. The summed E-state index contributed by atoms with van der Waals surface area (Å²) in [5.41, 5.74) is 2.22. The Balaban J connectivity index is 1.96. The van der Waals surface area contributed by atoms with Crippen LogP contribution in [0.1, 0.15) is 28.0 Å². The van der Waals surface area contributed by atoms with Gasteiger partial charge in [-0.2, -0.15) is 0 Å². The summed E-state index contributed by atoms with van der Waals surface area (Å²) in [4.78, 5) is 24.4. The summed E-state index contributed by atoms with van der Waals surface area (Å²) in [7, 11) is 0. The van der Waals surface area contributed by atoms with Crippen LogP contribution in [0.25, 0.3) is 10.9 Å². The predicted molar refractivity (Wildman–Crippen MR) is 91.2 cm³/mol. The molecule has 0 aliphatic heterocycles. The van der Waals surface area contributed by atoms with E-state index in [1.54, 1.807) is 36.4 Å². The van der Waals surface area contributed by atoms with E-state index < -0.39 is 17.7 Å². The molecule has 1 heterocycles. The van der Waals surface area contributed by atoms with E-state index in [9.17, 15) is 19.1 Å². The van der Waals surface area contributed by atoms with E-state index in [0.717, 1.165) is 11.3 Å². The monoisotopic (exact) mass is 337 g/mol. The van der Waals surface area contributed by atoms with Crippen molar-refractivity contribution in [3.8, 4) is 0 Å². The number of aromatic nitrogens is 1. The molecule has 126 valence electrons.